The molecule has 1 aliphatic rings. The Kier molecular flexibility index (Phi) is 3.46. The molecule has 0 fully saturated rings. The van der Waals surface area contributed by atoms with E-state index in [1.54, 1.807) is 0 Å². The van der Waals surface area contributed by atoms with E-state index < -0.39 is 52.4 Å². The lowest BCUT2D eigenvalue weighted by molar-refractivity contribution is -0.157. The predicted molar refractivity (Wildman–Crippen MR) is 70.6 cm³/mol. The molecule has 0 heterocycles. The van der Waals surface area contributed by atoms with Gasteiger partial charge in [-0.2, -0.15) is 0 Å². The van der Waals surface area contributed by atoms with Crippen LogP contribution in [0.3, 0.4) is 0 Å². The van der Waals surface area contributed by atoms with Crippen LogP contribution in [0.15, 0.2) is 24.3 Å². The quantitative estimate of drug-likeness (QED) is 0.593. The lowest BCUT2D eigenvalue weighted by Gasteiger charge is -2.31. The van der Waals surface area contributed by atoms with Crippen LogP contribution in [-0.2, 0) is 19.8 Å². The van der Waals surface area contributed by atoms with Gasteiger partial charge in [0.05, 0.1) is 11.1 Å². The summed E-state index contributed by atoms with van der Waals surface area (Å²) in [4.78, 5) is 45.6. The first-order valence-corrected chi connectivity index (χ1v) is 6.01. The molecule has 1 aromatic rings. The molecule has 0 bridgehead atoms. The van der Waals surface area contributed by atoms with Gasteiger partial charge in [-0.3, -0.25) is 9.59 Å². The molecule has 0 amide bonds. The highest BCUT2D eigenvalue weighted by molar-refractivity contribution is 6.21. The van der Waals surface area contributed by atoms with Gasteiger partial charge in [-0.1, -0.05) is 18.2 Å². The second-order valence-corrected chi connectivity index (χ2v) is 4.68. The van der Waals surface area contributed by atoms with Crippen molar-refractivity contribution in [3.05, 3.63) is 41.0 Å². The summed E-state index contributed by atoms with van der Waals surface area (Å²) < 4.78 is 0. The minimum atomic E-state index is -2.42. The van der Waals surface area contributed by atoms with Crippen molar-refractivity contribution in [2.45, 2.75) is 11.8 Å². The molecule has 0 spiro atoms. The van der Waals surface area contributed by atoms with Gasteiger partial charge in [0.1, 0.15) is 0 Å². The number of carboxylic acids is 4. The van der Waals surface area contributed by atoms with Crippen molar-refractivity contribution >= 4 is 29.5 Å². The van der Waals surface area contributed by atoms with Crippen molar-refractivity contribution in [1.29, 1.82) is 0 Å². The van der Waals surface area contributed by atoms with E-state index in [-0.39, 0.29) is 5.56 Å². The third-order valence-corrected chi connectivity index (χ3v) is 3.60. The summed E-state index contributed by atoms with van der Waals surface area (Å²) >= 11 is 0. The largest absolute Gasteiger partial charge is 0.480 e. The maximum atomic E-state index is 11.5. The molecule has 114 valence electrons. The summed E-state index contributed by atoms with van der Waals surface area (Å²) in [6.45, 7) is 0. The minimum absolute atomic E-state index is 0.354. The van der Waals surface area contributed by atoms with Gasteiger partial charge in [0, 0.05) is 5.56 Å². The lowest BCUT2D eigenvalue weighted by Crippen LogP contribution is -2.46. The maximum Gasteiger partial charge on any atom is 0.336 e. The molecular weight excluding hydrogens is 296 g/mol. The van der Waals surface area contributed by atoms with E-state index in [0.29, 0.717) is 0 Å². The molecule has 22 heavy (non-hydrogen) atoms. The molecule has 0 saturated heterocycles. The molecule has 8 heteroatoms. The molecule has 0 unspecified atom stereocenters. The average molecular weight is 306 g/mol. The second-order valence-electron chi connectivity index (χ2n) is 4.68. The highest BCUT2D eigenvalue weighted by atomic mass is 16.4. The van der Waals surface area contributed by atoms with E-state index in [1.165, 1.54) is 6.07 Å². The number of aromatic carboxylic acids is 1. The first kappa shape index (κ1) is 15.2. The Morgan fingerprint density at radius 2 is 1.50 bits per heavy atom. The van der Waals surface area contributed by atoms with Crippen LogP contribution in [0, 0.1) is 0 Å². The lowest BCUT2D eigenvalue weighted by atomic mass is 9.69. The second kappa shape index (κ2) is 4.99. The zero-order valence-corrected chi connectivity index (χ0v) is 10.9. The normalized spacial score (nSPS) is 15.4. The molecular formula is C14H10O8. The number of rotatable bonds is 4. The monoisotopic (exact) mass is 306 g/mol. The van der Waals surface area contributed by atoms with Gasteiger partial charge in [0.2, 0.25) is 0 Å². The molecule has 4 N–H and O–H groups in total. The van der Waals surface area contributed by atoms with Gasteiger partial charge in [-0.25, -0.2) is 9.59 Å². The Balaban J connectivity index is 2.92. The van der Waals surface area contributed by atoms with E-state index in [1.807, 2.05) is 0 Å². The van der Waals surface area contributed by atoms with E-state index in [9.17, 15) is 39.6 Å². The topological polar surface area (TPSA) is 149 Å². The van der Waals surface area contributed by atoms with Crippen LogP contribution in [0.5, 0.6) is 0 Å². The fraction of sp³-hybridized carbons (Fsp3) is 0.143. The Bertz CT molecular complexity index is 729. The number of hydrogen-bond acceptors (Lipinski definition) is 4. The highest BCUT2D eigenvalue weighted by Crippen LogP contribution is 2.41. The van der Waals surface area contributed by atoms with Crippen molar-refractivity contribution in [3.8, 4) is 0 Å². The summed E-state index contributed by atoms with van der Waals surface area (Å²) in [5.41, 5.74) is -4.05. The molecule has 0 aromatic heterocycles. The number of aliphatic carboxylic acids is 3. The number of carboxylic acid groups (broad SMARTS) is 4. The van der Waals surface area contributed by atoms with Gasteiger partial charge in [0.15, 0.2) is 5.41 Å². The van der Waals surface area contributed by atoms with Gasteiger partial charge in [0.25, 0.3) is 0 Å². The number of fused-ring (bicyclic) bond motifs is 1. The molecule has 1 aromatic carbocycles. The number of carbonyl (C=O) groups is 4. The van der Waals surface area contributed by atoms with Crippen molar-refractivity contribution in [2.24, 2.45) is 0 Å². The predicted octanol–water partition coefficient (Wildman–Crippen LogP) is 0.664. The van der Waals surface area contributed by atoms with E-state index in [0.717, 1.165) is 18.2 Å². The molecule has 0 aliphatic heterocycles. The maximum absolute atomic E-state index is 11.5. The summed E-state index contributed by atoms with van der Waals surface area (Å²) in [6, 6.07) is 3.41. The van der Waals surface area contributed by atoms with Gasteiger partial charge in [-0.15, -0.1) is 0 Å². The summed E-state index contributed by atoms with van der Waals surface area (Å²) in [7, 11) is 0. The fourth-order valence-electron chi connectivity index (χ4n) is 2.53. The van der Waals surface area contributed by atoms with Crippen LogP contribution in [0.25, 0.3) is 5.57 Å². The van der Waals surface area contributed by atoms with Crippen LogP contribution in [0.1, 0.15) is 27.9 Å². The first-order valence-electron chi connectivity index (χ1n) is 6.01. The van der Waals surface area contributed by atoms with Crippen LogP contribution >= 0.6 is 0 Å². The zero-order chi connectivity index (χ0) is 16.7. The standard InChI is InChI=1S/C14H10O8/c15-10(16)6-2-1-3-8-9(6)7(11(17)18)4-5-14(8,12(19)20)13(21)22/h1-4H,5H2,(H,15,16)(H,17,18)(H,19,20)(H,21,22). The van der Waals surface area contributed by atoms with Crippen LogP contribution in [0.2, 0.25) is 0 Å². The van der Waals surface area contributed by atoms with Crippen molar-refractivity contribution < 1.29 is 39.6 Å². The molecule has 8 nitrogen and oxygen atoms in total. The van der Waals surface area contributed by atoms with Crippen molar-refractivity contribution in [3.63, 3.8) is 0 Å². The van der Waals surface area contributed by atoms with Crippen molar-refractivity contribution in [1.82, 2.24) is 0 Å². The van der Waals surface area contributed by atoms with E-state index in [2.05, 4.69) is 0 Å². The Morgan fingerprint density at radius 3 is 1.95 bits per heavy atom. The molecule has 2 rings (SSSR count). The average Bonchev–Trinajstić information content (AvgIpc) is 2.44. The van der Waals surface area contributed by atoms with Gasteiger partial charge >= 0.3 is 23.9 Å². The summed E-state index contributed by atoms with van der Waals surface area (Å²) in [5.74, 6) is -6.32. The van der Waals surface area contributed by atoms with Crippen LogP contribution < -0.4 is 0 Å². The van der Waals surface area contributed by atoms with Crippen molar-refractivity contribution in [2.75, 3.05) is 0 Å². The summed E-state index contributed by atoms with van der Waals surface area (Å²) in [5, 5.41) is 37.1. The van der Waals surface area contributed by atoms with E-state index in [4.69, 9.17) is 0 Å². The number of hydrogen-bond donors (Lipinski definition) is 4. The third kappa shape index (κ3) is 1.93. The zero-order valence-electron chi connectivity index (χ0n) is 10.9. The molecule has 1 aliphatic carbocycles. The molecule has 0 atom stereocenters. The third-order valence-electron chi connectivity index (χ3n) is 3.60. The first-order chi connectivity index (χ1) is 10.2. The summed E-state index contributed by atoms with van der Waals surface area (Å²) in [6.07, 6.45) is 0.342. The highest BCUT2D eigenvalue weighted by Gasteiger charge is 2.52. The molecule has 0 saturated carbocycles. The smallest absolute Gasteiger partial charge is 0.336 e. The SMILES string of the molecule is O=C(O)C1=CCC(C(=O)O)(C(=O)O)c2cccc(C(=O)O)c21. The Morgan fingerprint density at radius 1 is 0.909 bits per heavy atom. The van der Waals surface area contributed by atoms with Gasteiger partial charge < -0.3 is 20.4 Å². The fourth-order valence-corrected chi connectivity index (χ4v) is 2.53. The number of benzene rings is 1. The van der Waals surface area contributed by atoms with Crippen LogP contribution in [-0.4, -0.2) is 44.3 Å². The van der Waals surface area contributed by atoms with E-state index >= 15 is 0 Å². The Hall–Kier alpha value is -3.16. The number of allylic oxidation sites excluding steroid dienone is 1. The molecule has 0 radical (unpaired) electrons. The van der Waals surface area contributed by atoms with Gasteiger partial charge in [-0.05, 0) is 18.1 Å². The Labute approximate surface area is 122 Å². The van der Waals surface area contributed by atoms with Crippen LogP contribution in [0.4, 0.5) is 0 Å². The minimum Gasteiger partial charge on any atom is -0.480 e.